The standard InChI is InChI=1S/C10H18N2O2/c1-8(11-2)6-7-12-9(13)4-3-5-10(12)14/h8,11H,3-7H2,1-2H3. The average Bonchev–Trinajstić information content (AvgIpc) is 2.16. The number of imide groups is 1. The molecule has 14 heavy (non-hydrogen) atoms. The summed E-state index contributed by atoms with van der Waals surface area (Å²) in [5, 5.41) is 3.08. The quantitative estimate of drug-likeness (QED) is 0.670. The van der Waals surface area contributed by atoms with Gasteiger partial charge in [-0.1, -0.05) is 0 Å². The highest BCUT2D eigenvalue weighted by atomic mass is 16.2. The number of rotatable bonds is 4. The molecule has 0 radical (unpaired) electrons. The summed E-state index contributed by atoms with van der Waals surface area (Å²) in [7, 11) is 1.88. The maximum Gasteiger partial charge on any atom is 0.229 e. The summed E-state index contributed by atoms with van der Waals surface area (Å²) in [4.78, 5) is 24.2. The first kappa shape index (κ1) is 11.2. The number of hydrogen-bond acceptors (Lipinski definition) is 3. The van der Waals surface area contributed by atoms with Crippen molar-refractivity contribution in [2.75, 3.05) is 13.6 Å². The van der Waals surface area contributed by atoms with Crippen LogP contribution in [0.1, 0.15) is 32.6 Å². The number of carbonyl (C=O) groups excluding carboxylic acids is 2. The average molecular weight is 198 g/mol. The van der Waals surface area contributed by atoms with Crippen molar-refractivity contribution in [1.82, 2.24) is 10.2 Å². The highest BCUT2D eigenvalue weighted by molar-refractivity contribution is 5.97. The van der Waals surface area contributed by atoms with E-state index in [-0.39, 0.29) is 11.8 Å². The van der Waals surface area contributed by atoms with E-state index in [1.54, 1.807) is 0 Å². The molecule has 2 amide bonds. The van der Waals surface area contributed by atoms with Crippen molar-refractivity contribution in [2.24, 2.45) is 0 Å². The van der Waals surface area contributed by atoms with E-state index in [1.165, 1.54) is 4.90 Å². The largest absolute Gasteiger partial charge is 0.317 e. The number of likely N-dealkylation sites (tertiary alicyclic amines) is 1. The van der Waals surface area contributed by atoms with E-state index in [0.29, 0.717) is 25.4 Å². The minimum Gasteiger partial charge on any atom is -0.317 e. The second kappa shape index (κ2) is 5.10. The molecule has 0 aromatic rings. The number of nitrogens with zero attached hydrogens (tertiary/aromatic N) is 1. The summed E-state index contributed by atoms with van der Waals surface area (Å²) in [6, 6.07) is 0.345. The van der Waals surface area contributed by atoms with Gasteiger partial charge in [-0.15, -0.1) is 0 Å². The molecule has 0 aromatic carbocycles. The third-order valence-electron chi connectivity index (χ3n) is 2.66. The predicted octanol–water partition coefficient (Wildman–Crippen LogP) is 0.523. The third kappa shape index (κ3) is 2.80. The van der Waals surface area contributed by atoms with Crippen molar-refractivity contribution in [3.8, 4) is 0 Å². The smallest absolute Gasteiger partial charge is 0.229 e. The Morgan fingerprint density at radius 3 is 2.43 bits per heavy atom. The molecule has 4 heteroatoms. The molecular weight excluding hydrogens is 180 g/mol. The van der Waals surface area contributed by atoms with E-state index in [0.717, 1.165) is 12.8 Å². The summed E-state index contributed by atoms with van der Waals surface area (Å²) in [5.74, 6) is -0.0193. The van der Waals surface area contributed by atoms with Crippen LogP contribution in [0.2, 0.25) is 0 Å². The monoisotopic (exact) mass is 198 g/mol. The van der Waals surface area contributed by atoms with Gasteiger partial charge in [-0.05, 0) is 26.8 Å². The van der Waals surface area contributed by atoms with Gasteiger partial charge < -0.3 is 5.32 Å². The lowest BCUT2D eigenvalue weighted by molar-refractivity contribution is -0.148. The lowest BCUT2D eigenvalue weighted by Gasteiger charge is -2.25. The van der Waals surface area contributed by atoms with Gasteiger partial charge in [0, 0.05) is 25.4 Å². The number of piperidine rings is 1. The van der Waals surface area contributed by atoms with Crippen molar-refractivity contribution in [2.45, 2.75) is 38.6 Å². The van der Waals surface area contributed by atoms with Gasteiger partial charge in [-0.25, -0.2) is 0 Å². The Hall–Kier alpha value is -0.900. The lowest BCUT2D eigenvalue weighted by Crippen LogP contribution is -2.42. The van der Waals surface area contributed by atoms with Gasteiger partial charge >= 0.3 is 0 Å². The topological polar surface area (TPSA) is 49.4 Å². The maximum absolute atomic E-state index is 11.4. The normalized spacial score (nSPS) is 20.0. The Balaban J connectivity index is 2.40. The first-order chi connectivity index (χ1) is 6.65. The zero-order valence-electron chi connectivity index (χ0n) is 8.88. The molecule has 1 unspecified atom stereocenters. The molecule has 0 saturated carbocycles. The first-order valence-corrected chi connectivity index (χ1v) is 5.15. The number of nitrogens with one attached hydrogen (secondary N) is 1. The van der Waals surface area contributed by atoms with Crippen LogP contribution in [0.5, 0.6) is 0 Å². The molecule has 0 aliphatic carbocycles. The minimum atomic E-state index is -0.00967. The van der Waals surface area contributed by atoms with Crippen molar-refractivity contribution < 1.29 is 9.59 Å². The predicted molar refractivity (Wildman–Crippen MR) is 53.7 cm³/mol. The van der Waals surface area contributed by atoms with E-state index in [9.17, 15) is 9.59 Å². The number of amides is 2. The Bertz CT molecular complexity index is 212. The zero-order chi connectivity index (χ0) is 10.6. The minimum absolute atomic E-state index is 0.00967. The summed E-state index contributed by atoms with van der Waals surface area (Å²) < 4.78 is 0. The van der Waals surface area contributed by atoms with Crippen LogP contribution in [0, 0.1) is 0 Å². The molecule has 1 rings (SSSR count). The van der Waals surface area contributed by atoms with Crippen LogP contribution in [0.4, 0.5) is 0 Å². The molecule has 1 saturated heterocycles. The fourth-order valence-corrected chi connectivity index (χ4v) is 1.52. The molecule has 1 heterocycles. The zero-order valence-corrected chi connectivity index (χ0v) is 8.88. The Kier molecular flexibility index (Phi) is 4.07. The second-order valence-corrected chi connectivity index (χ2v) is 3.77. The van der Waals surface area contributed by atoms with Gasteiger partial charge in [0.05, 0.1) is 0 Å². The van der Waals surface area contributed by atoms with E-state index >= 15 is 0 Å². The lowest BCUT2D eigenvalue weighted by atomic mass is 10.1. The van der Waals surface area contributed by atoms with Crippen LogP contribution in [0.15, 0.2) is 0 Å². The highest BCUT2D eigenvalue weighted by Crippen LogP contribution is 2.12. The van der Waals surface area contributed by atoms with E-state index in [2.05, 4.69) is 5.32 Å². The molecule has 1 aliphatic rings. The van der Waals surface area contributed by atoms with Gasteiger partial charge in [0.25, 0.3) is 0 Å². The summed E-state index contributed by atoms with van der Waals surface area (Å²) >= 11 is 0. The van der Waals surface area contributed by atoms with Crippen molar-refractivity contribution in [1.29, 1.82) is 0 Å². The van der Waals surface area contributed by atoms with Crippen LogP contribution in [0.25, 0.3) is 0 Å². The van der Waals surface area contributed by atoms with E-state index in [4.69, 9.17) is 0 Å². The molecule has 4 nitrogen and oxygen atoms in total. The Labute approximate surface area is 84.7 Å². The first-order valence-electron chi connectivity index (χ1n) is 5.15. The van der Waals surface area contributed by atoms with Gasteiger partial charge in [0.15, 0.2) is 0 Å². The van der Waals surface area contributed by atoms with Crippen LogP contribution in [-0.2, 0) is 9.59 Å². The summed E-state index contributed by atoms with van der Waals surface area (Å²) in [6.45, 7) is 2.60. The molecule has 1 aliphatic heterocycles. The molecule has 0 spiro atoms. The highest BCUT2D eigenvalue weighted by Gasteiger charge is 2.25. The second-order valence-electron chi connectivity index (χ2n) is 3.77. The third-order valence-corrected chi connectivity index (χ3v) is 2.66. The molecule has 0 aromatic heterocycles. The Morgan fingerprint density at radius 1 is 1.36 bits per heavy atom. The van der Waals surface area contributed by atoms with Crippen LogP contribution in [0.3, 0.4) is 0 Å². The fraction of sp³-hybridized carbons (Fsp3) is 0.800. The molecule has 1 fully saturated rings. The van der Waals surface area contributed by atoms with Gasteiger partial charge in [0.1, 0.15) is 0 Å². The summed E-state index contributed by atoms with van der Waals surface area (Å²) in [5.41, 5.74) is 0. The Morgan fingerprint density at radius 2 is 1.93 bits per heavy atom. The van der Waals surface area contributed by atoms with Gasteiger partial charge in [-0.3, -0.25) is 14.5 Å². The van der Waals surface area contributed by atoms with Crippen molar-refractivity contribution >= 4 is 11.8 Å². The van der Waals surface area contributed by atoms with Crippen molar-refractivity contribution in [3.05, 3.63) is 0 Å². The number of hydrogen-bond donors (Lipinski definition) is 1. The van der Waals surface area contributed by atoms with E-state index in [1.807, 2.05) is 14.0 Å². The SMILES string of the molecule is CNC(C)CCN1C(=O)CCCC1=O. The molecule has 1 atom stereocenters. The van der Waals surface area contributed by atoms with Crippen LogP contribution >= 0.6 is 0 Å². The van der Waals surface area contributed by atoms with E-state index < -0.39 is 0 Å². The fourth-order valence-electron chi connectivity index (χ4n) is 1.52. The molecule has 0 bridgehead atoms. The van der Waals surface area contributed by atoms with Gasteiger partial charge in [0.2, 0.25) is 11.8 Å². The summed E-state index contributed by atoms with van der Waals surface area (Å²) in [6.07, 6.45) is 2.60. The molecular formula is C10H18N2O2. The van der Waals surface area contributed by atoms with Crippen LogP contribution in [-0.4, -0.2) is 36.3 Å². The molecule has 80 valence electrons. The maximum atomic E-state index is 11.4. The van der Waals surface area contributed by atoms with Crippen molar-refractivity contribution in [3.63, 3.8) is 0 Å². The van der Waals surface area contributed by atoms with Gasteiger partial charge in [-0.2, -0.15) is 0 Å². The molecule has 1 N–H and O–H groups in total. The van der Waals surface area contributed by atoms with Crippen LogP contribution < -0.4 is 5.32 Å². The number of carbonyl (C=O) groups is 2.